The molecule has 0 radical (unpaired) electrons. The van der Waals surface area contributed by atoms with Gasteiger partial charge < -0.3 is 9.64 Å². The summed E-state index contributed by atoms with van der Waals surface area (Å²) in [6.07, 6.45) is 0. The molecule has 9 heteroatoms. The molecule has 1 unspecified atom stereocenters. The van der Waals surface area contributed by atoms with Gasteiger partial charge >= 0.3 is 0 Å². The molecule has 1 aromatic heterocycles. The number of benzene rings is 2. The van der Waals surface area contributed by atoms with Crippen molar-refractivity contribution in [1.29, 1.82) is 0 Å². The fourth-order valence-electron chi connectivity index (χ4n) is 4.99. The Balaban J connectivity index is 1.74. The molecule has 1 saturated heterocycles. The summed E-state index contributed by atoms with van der Waals surface area (Å²) in [4.78, 5) is 30.6. The normalized spacial score (nSPS) is 18.3. The van der Waals surface area contributed by atoms with E-state index in [1.807, 2.05) is 35.9 Å². The molecule has 200 valence electrons. The van der Waals surface area contributed by atoms with Crippen molar-refractivity contribution in [2.24, 2.45) is 0 Å². The fraction of sp³-hybridized carbons (Fsp3) is 0.414. The minimum Gasteiger partial charge on any atom is -0.378 e. The molecule has 0 bridgehead atoms. The van der Waals surface area contributed by atoms with E-state index in [1.165, 1.54) is 23.9 Å². The first kappa shape index (κ1) is 26.4. The van der Waals surface area contributed by atoms with Gasteiger partial charge in [0.1, 0.15) is 18.2 Å². The lowest BCUT2D eigenvalue weighted by molar-refractivity contribution is -0.134. The van der Waals surface area contributed by atoms with Crippen LogP contribution in [0.25, 0.3) is 5.69 Å². The summed E-state index contributed by atoms with van der Waals surface area (Å²) in [7, 11) is 0. The Morgan fingerprint density at radius 3 is 2.45 bits per heavy atom. The summed E-state index contributed by atoms with van der Waals surface area (Å²) in [5.41, 5.74) is 4.11. The van der Waals surface area contributed by atoms with Crippen LogP contribution in [0.1, 0.15) is 48.4 Å². The standard InChI is InChI=1S/C29H33FN4O3S/c1-19-7-5-6-8-22(19)34-28-25(27(31-34)29(2,3)4)26(20-9-11-21(30)12-10-20)38-18-24(36)33(28)17-23(35)32-13-15-37-16-14-32/h5-12,26H,13-18H2,1-4H3. The maximum Gasteiger partial charge on any atom is 0.242 e. The zero-order valence-electron chi connectivity index (χ0n) is 22.2. The molecule has 5 rings (SSSR count). The number of fused-ring (bicyclic) bond motifs is 1. The van der Waals surface area contributed by atoms with E-state index in [9.17, 15) is 14.0 Å². The lowest BCUT2D eigenvalue weighted by Gasteiger charge is -2.30. The number of aryl methyl sites for hydroxylation is 1. The van der Waals surface area contributed by atoms with E-state index >= 15 is 0 Å². The Hall–Kier alpha value is -3.17. The average Bonchev–Trinajstić information content (AvgIpc) is 3.23. The molecule has 2 aromatic carbocycles. The highest BCUT2D eigenvalue weighted by Crippen LogP contribution is 2.48. The molecular weight excluding hydrogens is 503 g/mol. The van der Waals surface area contributed by atoms with E-state index in [-0.39, 0.29) is 40.6 Å². The van der Waals surface area contributed by atoms with E-state index < -0.39 is 0 Å². The van der Waals surface area contributed by atoms with Gasteiger partial charge in [0.25, 0.3) is 0 Å². The first-order valence-corrected chi connectivity index (χ1v) is 13.9. The third kappa shape index (κ3) is 5.09. The number of aromatic nitrogens is 2. The molecule has 2 amide bonds. The summed E-state index contributed by atoms with van der Waals surface area (Å²) < 4.78 is 21.1. The van der Waals surface area contributed by atoms with E-state index in [1.54, 1.807) is 21.9 Å². The maximum absolute atomic E-state index is 13.9. The number of hydrogen-bond acceptors (Lipinski definition) is 5. The number of amides is 2. The third-order valence-electron chi connectivity index (χ3n) is 6.97. The molecule has 0 N–H and O–H groups in total. The number of nitrogens with zero attached hydrogens (tertiary/aromatic N) is 4. The van der Waals surface area contributed by atoms with Crippen LogP contribution < -0.4 is 4.90 Å². The SMILES string of the molecule is Cc1ccccc1-n1nc(C(C)(C)C)c2c1N(CC(=O)N1CCOCC1)C(=O)CSC2c1ccc(F)cc1. The van der Waals surface area contributed by atoms with Gasteiger partial charge in [-0.2, -0.15) is 5.10 Å². The van der Waals surface area contributed by atoms with Crippen LogP contribution in [0.2, 0.25) is 0 Å². The number of para-hydroxylation sites is 1. The molecule has 0 spiro atoms. The molecular formula is C29H33FN4O3S. The molecule has 38 heavy (non-hydrogen) atoms. The zero-order chi connectivity index (χ0) is 27.0. The Kier molecular flexibility index (Phi) is 7.33. The van der Waals surface area contributed by atoms with E-state index in [0.717, 1.165) is 28.1 Å². The van der Waals surface area contributed by atoms with Gasteiger partial charge in [-0.3, -0.25) is 14.5 Å². The quantitative estimate of drug-likeness (QED) is 0.486. The number of carbonyl (C=O) groups is 2. The van der Waals surface area contributed by atoms with Crippen LogP contribution in [0.4, 0.5) is 10.2 Å². The molecule has 7 nitrogen and oxygen atoms in total. The lowest BCUT2D eigenvalue weighted by Crippen LogP contribution is -2.48. The Labute approximate surface area is 226 Å². The summed E-state index contributed by atoms with van der Waals surface area (Å²) >= 11 is 1.49. The average molecular weight is 537 g/mol. The Bertz CT molecular complexity index is 1340. The molecule has 2 aliphatic heterocycles. The second-order valence-electron chi connectivity index (χ2n) is 10.7. The van der Waals surface area contributed by atoms with Gasteiger partial charge in [0, 0.05) is 24.1 Å². The Morgan fingerprint density at radius 1 is 1.11 bits per heavy atom. The molecule has 1 atom stereocenters. The van der Waals surface area contributed by atoms with Crippen LogP contribution >= 0.6 is 11.8 Å². The van der Waals surface area contributed by atoms with Crippen molar-refractivity contribution in [3.05, 3.63) is 76.7 Å². The van der Waals surface area contributed by atoms with Crippen molar-refractivity contribution >= 4 is 29.4 Å². The second kappa shape index (κ2) is 10.5. The highest BCUT2D eigenvalue weighted by molar-refractivity contribution is 8.00. The molecule has 2 aliphatic rings. The van der Waals surface area contributed by atoms with Crippen molar-refractivity contribution in [3.8, 4) is 5.69 Å². The van der Waals surface area contributed by atoms with Crippen LogP contribution in [0.5, 0.6) is 0 Å². The van der Waals surface area contributed by atoms with Crippen LogP contribution in [-0.2, 0) is 19.7 Å². The zero-order valence-corrected chi connectivity index (χ0v) is 23.1. The van der Waals surface area contributed by atoms with Gasteiger partial charge in [0.05, 0.1) is 35.6 Å². The number of rotatable bonds is 4. The number of thioether (sulfide) groups is 1. The summed E-state index contributed by atoms with van der Waals surface area (Å²) in [5.74, 6) is 0.207. The molecule has 3 heterocycles. The fourth-order valence-corrected chi connectivity index (χ4v) is 6.19. The summed E-state index contributed by atoms with van der Waals surface area (Å²) in [5, 5.41) is 4.86. The van der Waals surface area contributed by atoms with Gasteiger partial charge in [-0.1, -0.05) is 51.1 Å². The number of ether oxygens (including phenoxy) is 1. The van der Waals surface area contributed by atoms with Crippen LogP contribution in [0.3, 0.4) is 0 Å². The highest BCUT2D eigenvalue weighted by Gasteiger charge is 2.40. The first-order chi connectivity index (χ1) is 18.1. The largest absolute Gasteiger partial charge is 0.378 e. The molecule has 0 saturated carbocycles. The molecule has 3 aromatic rings. The second-order valence-corrected chi connectivity index (χ2v) is 11.8. The minimum absolute atomic E-state index is 0.0797. The summed E-state index contributed by atoms with van der Waals surface area (Å²) in [6, 6.07) is 14.3. The van der Waals surface area contributed by atoms with Gasteiger partial charge in [-0.25, -0.2) is 9.07 Å². The topological polar surface area (TPSA) is 67.7 Å². The van der Waals surface area contributed by atoms with Gasteiger partial charge in [-0.15, -0.1) is 11.8 Å². The first-order valence-electron chi connectivity index (χ1n) is 12.9. The van der Waals surface area contributed by atoms with Crippen molar-refractivity contribution in [2.75, 3.05) is 43.5 Å². The lowest BCUT2D eigenvalue weighted by atomic mass is 9.87. The molecule has 0 aliphatic carbocycles. The van der Waals surface area contributed by atoms with Gasteiger partial charge in [0.2, 0.25) is 11.8 Å². The number of halogens is 1. The number of hydrogen-bond donors (Lipinski definition) is 0. The smallest absolute Gasteiger partial charge is 0.242 e. The van der Waals surface area contributed by atoms with Crippen molar-refractivity contribution < 1.29 is 18.7 Å². The summed E-state index contributed by atoms with van der Waals surface area (Å²) in [6.45, 7) is 10.2. The third-order valence-corrected chi connectivity index (χ3v) is 8.23. The van der Waals surface area contributed by atoms with Crippen LogP contribution in [0.15, 0.2) is 48.5 Å². The van der Waals surface area contributed by atoms with Crippen LogP contribution in [0, 0.1) is 12.7 Å². The van der Waals surface area contributed by atoms with Gasteiger partial charge in [0.15, 0.2) is 0 Å². The van der Waals surface area contributed by atoms with E-state index in [2.05, 4.69) is 20.8 Å². The van der Waals surface area contributed by atoms with Crippen molar-refractivity contribution in [3.63, 3.8) is 0 Å². The van der Waals surface area contributed by atoms with Crippen LogP contribution in [-0.4, -0.2) is 65.1 Å². The van der Waals surface area contributed by atoms with E-state index in [0.29, 0.717) is 32.1 Å². The Morgan fingerprint density at radius 2 is 1.79 bits per heavy atom. The predicted molar refractivity (Wildman–Crippen MR) is 147 cm³/mol. The van der Waals surface area contributed by atoms with Crippen molar-refractivity contribution in [2.45, 2.75) is 38.4 Å². The minimum atomic E-state index is -0.357. The number of anilines is 1. The number of carbonyl (C=O) groups excluding carboxylic acids is 2. The van der Waals surface area contributed by atoms with Gasteiger partial charge in [-0.05, 0) is 36.2 Å². The number of morpholine rings is 1. The monoisotopic (exact) mass is 536 g/mol. The van der Waals surface area contributed by atoms with Crippen molar-refractivity contribution in [1.82, 2.24) is 14.7 Å². The highest BCUT2D eigenvalue weighted by atomic mass is 32.2. The van der Waals surface area contributed by atoms with E-state index in [4.69, 9.17) is 9.84 Å². The maximum atomic E-state index is 13.9. The molecule has 1 fully saturated rings. The predicted octanol–water partition coefficient (Wildman–Crippen LogP) is 4.65.